The zero-order valence-electron chi connectivity index (χ0n) is 32.8. The topological polar surface area (TPSA) is 51.6 Å². The normalized spacial score (nSPS) is 23.5. The molecule has 6 aromatic carbocycles. The third kappa shape index (κ3) is 4.60. The first-order valence-electron chi connectivity index (χ1n) is 21.5. The number of hydrogen-bond donors (Lipinski definition) is 0. The summed E-state index contributed by atoms with van der Waals surface area (Å²) in [4.78, 5) is 21.0. The molecule has 4 nitrogen and oxygen atoms in total. The van der Waals surface area contributed by atoms with Crippen LogP contribution in [0.5, 0.6) is 0 Å². The number of benzene rings is 6. The lowest BCUT2D eigenvalue weighted by atomic mass is 9.43. The zero-order chi connectivity index (χ0) is 38.7. The minimum Gasteiger partial charge on any atom is -0.256 e. The fraction of sp³-hybridized carbons (Fsp3) is 0.200. The van der Waals surface area contributed by atoms with Gasteiger partial charge in [0.05, 0.1) is 11.1 Å². The van der Waals surface area contributed by atoms with Gasteiger partial charge in [-0.1, -0.05) is 146 Å². The average Bonchev–Trinajstić information content (AvgIpc) is 3.77. The molecule has 0 atom stereocenters. The second-order valence-electron chi connectivity index (χ2n) is 17.8. The highest BCUT2D eigenvalue weighted by Crippen LogP contribution is 2.69. The molecule has 4 fully saturated rings. The summed E-state index contributed by atoms with van der Waals surface area (Å²) >= 11 is 0. The molecule has 0 saturated heterocycles. The highest BCUT2D eigenvalue weighted by molar-refractivity contribution is 5.87. The van der Waals surface area contributed by atoms with Crippen LogP contribution in [0, 0.1) is 23.7 Å². The molecule has 4 bridgehead atoms. The zero-order valence-corrected chi connectivity index (χ0v) is 32.8. The Balaban J connectivity index is 1.01. The van der Waals surface area contributed by atoms with E-state index in [1.807, 2.05) is 12.3 Å². The lowest BCUT2D eigenvalue weighted by molar-refractivity contribution is -0.0399. The molecule has 0 radical (unpaired) electrons. The molecule has 282 valence electrons. The van der Waals surface area contributed by atoms with Crippen LogP contribution in [0.15, 0.2) is 170 Å². The quantitative estimate of drug-likeness (QED) is 0.175. The van der Waals surface area contributed by atoms with E-state index in [2.05, 4.69) is 158 Å². The van der Waals surface area contributed by atoms with Gasteiger partial charge in [-0.15, -0.1) is 0 Å². The SMILES string of the molecule is c1ccc(-c2nc(-c3cccc(C4(c5ccccc5)c5ccccc5-c5ccccc54)c3)nc(-c3ccc4c(c3)C3(c5cccnc5-4)C4CC5CC(C4)CC3C5)n2)cc1. The fourth-order valence-electron chi connectivity index (χ4n) is 13.1. The molecule has 8 aromatic rings. The van der Waals surface area contributed by atoms with Crippen molar-refractivity contribution in [2.75, 3.05) is 0 Å². The van der Waals surface area contributed by atoms with Gasteiger partial charge in [-0.2, -0.15) is 0 Å². The molecule has 1 spiro atoms. The van der Waals surface area contributed by atoms with Crippen molar-refractivity contribution in [3.63, 3.8) is 0 Å². The van der Waals surface area contributed by atoms with Gasteiger partial charge in [0.2, 0.25) is 0 Å². The predicted molar refractivity (Wildman–Crippen MR) is 234 cm³/mol. The van der Waals surface area contributed by atoms with E-state index >= 15 is 0 Å². The van der Waals surface area contributed by atoms with Crippen molar-refractivity contribution in [2.24, 2.45) is 23.7 Å². The van der Waals surface area contributed by atoms with Gasteiger partial charge in [0, 0.05) is 33.9 Å². The third-order valence-corrected chi connectivity index (χ3v) is 15.0. The first-order chi connectivity index (χ1) is 29.2. The van der Waals surface area contributed by atoms with E-state index < -0.39 is 5.41 Å². The van der Waals surface area contributed by atoms with Crippen molar-refractivity contribution < 1.29 is 0 Å². The van der Waals surface area contributed by atoms with Crippen LogP contribution in [-0.2, 0) is 10.8 Å². The highest BCUT2D eigenvalue weighted by Gasteiger charge is 2.62. The van der Waals surface area contributed by atoms with Gasteiger partial charge in [0.1, 0.15) is 0 Å². The molecular formula is C55H42N4. The van der Waals surface area contributed by atoms with Gasteiger partial charge in [-0.05, 0) is 118 Å². The summed E-state index contributed by atoms with van der Waals surface area (Å²) in [5, 5.41) is 0. The molecule has 14 rings (SSSR count). The Morgan fingerprint density at radius 3 is 1.61 bits per heavy atom. The Labute approximate surface area is 345 Å². The summed E-state index contributed by atoms with van der Waals surface area (Å²) in [5.41, 5.74) is 15.4. The van der Waals surface area contributed by atoms with Crippen LogP contribution >= 0.6 is 0 Å². The summed E-state index contributed by atoms with van der Waals surface area (Å²) in [6, 6.07) is 59.7. The molecule has 4 saturated carbocycles. The summed E-state index contributed by atoms with van der Waals surface area (Å²) in [7, 11) is 0. The maximum Gasteiger partial charge on any atom is 0.164 e. The van der Waals surface area contributed by atoms with Gasteiger partial charge in [0.25, 0.3) is 0 Å². The van der Waals surface area contributed by atoms with Crippen molar-refractivity contribution in [3.8, 4) is 56.5 Å². The second kappa shape index (κ2) is 12.5. The van der Waals surface area contributed by atoms with E-state index in [4.69, 9.17) is 19.9 Å². The number of hydrogen-bond acceptors (Lipinski definition) is 4. The fourth-order valence-corrected chi connectivity index (χ4v) is 13.1. The minimum atomic E-state index is -0.515. The number of fused-ring (bicyclic) bond motifs is 6. The summed E-state index contributed by atoms with van der Waals surface area (Å²) in [5.74, 6) is 5.11. The first kappa shape index (κ1) is 33.5. The van der Waals surface area contributed by atoms with Crippen LogP contribution in [0.4, 0.5) is 0 Å². The molecule has 0 aliphatic heterocycles. The van der Waals surface area contributed by atoms with Crippen LogP contribution in [0.25, 0.3) is 56.5 Å². The average molecular weight is 759 g/mol. The van der Waals surface area contributed by atoms with Crippen molar-refractivity contribution in [2.45, 2.75) is 42.9 Å². The third-order valence-electron chi connectivity index (χ3n) is 15.0. The van der Waals surface area contributed by atoms with E-state index in [0.29, 0.717) is 29.3 Å². The molecule has 0 unspecified atom stereocenters. The molecule has 4 heteroatoms. The largest absolute Gasteiger partial charge is 0.256 e. The standard InChI is InChI=1S/C55H42N4/c1-3-13-36(14-4-1)51-57-52(37-15-11-18-40(32-37)54(39-16-5-2-6-17-39)46-21-9-7-19-43(46)44-20-8-10-22-47(44)54)59-53(58-51)38-24-25-45-49(33-38)55(48-23-12-26-56-50(45)48)41-28-34-27-35(30-41)31-42(55)29-34/h1-26,32-35,41-42H,27-31H2. The smallest absolute Gasteiger partial charge is 0.164 e. The van der Waals surface area contributed by atoms with E-state index in [1.54, 1.807) is 0 Å². The van der Waals surface area contributed by atoms with Crippen LogP contribution in [0.2, 0.25) is 0 Å². The Bertz CT molecular complexity index is 2900. The molecule has 6 aliphatic carbocycles. The van der Waals surface area contributed by atoms with E-state index in [1.165, 1.54) is 87.9 Å². The number of nitrogens with zero attached hydrogens (tertiary/aromatic N) is 4. The molecule has 0 N–H and O–H groups in total. The Morgan fingerprint density at radius 1 is 0.390 bits per heavy atom. The van der Waals surface area contributed by atoms with Crippen LogP contribution in [0.3, 0.4) is 0 Å². The predicted octanol–water partition coefficient (Wildman–Crippen LogP) is 12.4. The summed E-state index contributed by atoms with van der Waals surface area (Å²) in [6.45, 7) is 0. The van der Waals surface area contributed by atoms with Gasteiger partial charge in [-0.25, -0.2) is 15.0 Å². The van der Waals surface area contributed by atoms with Gasteiger partial charge in [-0.3, -0.25) is 4.98 Å². The van der Waals surface area contributed by atoms with Crippen molar-refractivity contribution in [1.82, 2.24) is 19.9 Å². The number of rotatable bonds is 5. The van der Waals surface area contributed by atoms with Crippen LogP contribution < -0.4 is 0 Å². The molecule has 6 aliphatic rings. The van der Waals surface area contributed by atoms with E-state index in [9.17, 15) is 0 Å². The van der Waals surface area contributed by atoms with Gasteiger partial charge in [0.15, 0.2) is 17.5 Å². The lowest BCUT2D eigenvalue weighted by Gasteiger charge is -2.61. The van der Waals surface area contributed by atoms with Gasteiger partial charge >= 0.3 is 0 Å². The first-order valence-corrected chi connectivity index (χ1v) is 21.5. The van der Waals surface area contributed by atoms with E-state index in [0.717, 1.165) is 28.5 Å². The molecule has 0 amide bonds. The Morgan fingerprint density at radius 2 is 0.932 bits per heavy atom. The van der Waals surface area contributed by atoms with Crippen LogP contribution in [0.1, 0.15) is 65.5 Å². The molecular weight excluding hydrogens is 717 g/mol. The number of pyridine rings is 1. The molecule has 2 heterocycles. The Kier molecular flexibility index (Phi) is 7.08. The minimum absolute atomic E-state index is 0.00836. The highest BCUT2D eigenvalue weighted by atomic mass is 15.0. The second-order valence-corrected chi connectivity index (χ2v) is 17.8. The van der Waals surface area contributed by atoms with Crippen molar-refractivity contribution in [1.29, 1.82) is 0 Å². The molecule has 59 heavy (non-hydrogen) atoms. The summed E-state index contributed by atoms with van der Waals surface area (Å²) < 4.78 is 0. The molecule has 2 aromatic heterocycles. The number of aromatic nitrogens is 4. The summed E-state index contributed by atoms with van der Waals surface area (Å²) in [6.07, 6.45) is 8.72. The van der Waals surface area contributed by atoms with Gasteiger partial charge < -0.3 is 0 Å². The van der Waals surface area contributed by atoms with E-state index in [-0.39, 0.29) is 5.41 Å². The van der Waals surface area contributed by atoms with Crippen LogP contribution in [-0.4, -0.2) is 19.9 Å². The maximum atomic E-state index is 5.41. The van der Waals surface area contributed by atoms with Crippen molar-refractivity contribution >= 4 is 0 Å². The Hall–Kier alpha value is -6.52. The lowest BCUT2D eigenvalue weighted by Crippen LogP contribution is -2.55. The monoisotopic (exact) mass is 758 g/mol. The van der Waals surface area contributed by atoms with Crippen molar-refractivity contribution in [3.05, 3.63) is 203 Å². The maximum absolute atomic E-state index is 5.41.